The van der Waals surface area contributed by atoms with Crippen molar-refractivity contribution in [3.05, 3.63) is 265 Å². The van der Waals surface area contributed by atoms with Crippen LogP contribution in [0.2, 0.25) is 0 Å². The smallest absolute Gasteiger partial charge is 0.0755 e. The highest BCUT2D eigenvalue weighted by atomic mass is 32.1. The van der Waals surface area contributed by atoms with Gasteiger partial charge in [-0.25, -0.2) is 0 Å². The number of thiophene rings is 1. The Kier molecular flexibility index (Phi) is 8.34. The SMILES string of the molecule is c1ccc(-c2ccc(N(c3ccc(-c4ccc5sc6ccccc6c5c4)cc3)c3ccc4c(c3)C3(c5ccccc5-4)c4ccccc4N(c4ccccc4)c4ccccc43)cc2)cc1. The predicted octanol–water partition coefficient (Wildman–Crippen LogP) is 17.0. The third-order valence-corrected chi connectivity index (χ3v) is 14.6. The van der Waals surface area contributed by atoms with Crippen LogP contribution in [0.15, 0.2) is 243 Å². The van der Waals surface area contributed by atoms with Gasteiger partial charge in [0, 0.05) is 42.9 Å². The molecule has 0 bridgehead atoms. The van der Waals surface area contributed by atoms with E-state index in [2.05, 4.69) is 252 Å². The Bertz CT molecular complexity index is 3510. The minimum absolute atomic E-state index is 0.558. The molecular formula is C61H40N2S. The third kappa shape index (κ3) is 5.51. The lowest BCUT2D eigenvalue weighted by Gasteiger charge is -2.45. The average molecular weight is 833 g/mol. The number of hydrogen-bond acceptors (Lipinski definition) is 3. The molecule has 2 aliphatic rings. The molecule has 0 fully saturated rings. The molecule has 0 unspecified atom stereocenters. The Hall–Kier alpha value is -7.98. The van der Waals surface area contributed by atoms with Gasteiger partial charge in [-0.05, 0) is 134 Å². The molecule has 13 rings (SSSR count). The average Bonchev–Trinajstić information content (AvgIpc) is 3.88. The van der Waals surface area contributed by atoms with Gasteiger partial charge in [0.2, 0.25) is 0 Å². The van der Waals surface area contributed by atoms with Crippen molar-refractivity contribution < 1.29 is 0 Å². The summed E-state index contributed by atoms with van der Waals surface area (Å²) in [5, 5.41) is 2.63. The molecular weight excluding hydrogens is 793 g/mol. The Morgan fingerprint density at radius 1 is 0.328 bits per heavy atom. The van der Waals surface area contributed by atoms with E-state index in [0.29, 0.717) is 0 Å². The first-order valence-electron chi connectivity index (χ1n) is 22.0. The van der Waals surface area contributed by atoms with Gasteiger partial charge in [0.05, 0.1) is 16.8 Å². The second kappa shape index (κ2) is 14.6. The number of para-hydroxylation sites is 3. The monoisotopic (exact) mass is 832 g/mol. The summed E-state index contributed by atoms with van der Waals surface area (Å²) < 4.78 is 2.64. The van der Waals surface area contributed by atoms with Crippen molar-refractivity contribution in [2.75, 3.05) is 9.80 Å². The summed E-state index contributed by atoms with van der Waals surface area (Å²) >= 11 is 1.86. The standard InChI is InChI=1S/C61H40N2S/c1-3-15-41(16-4-1)42-27-32-46(33-28-42)62(47-34-29-43(30-35-47)44-31-38-60-52(39-44)51-20-8-14-26-59(51)64-60)48-36-37-50-49-19-7-9-21-53(49)61(56(50)40-48)54-22-10-12-24-57(54)63(45-17-5-2-6-18-45)58-25-13-11-23-55(58)61/h1-40H. The van der Waals surface area contributed by atoms with E-state index in [1.807, 2.05) is 11.3 Å². The molecule has 0 atom stereocenters. The van der Waals surface area contributed by atoms with Crippen molar-refractivity contribution in [3.63, 3.8) is 0 Å². The lowest BCUT2D eigenvalue weighted by Crippen LogP contribution is -2.36. The van der Waals surface area contributed by atoms with E-state index in [-0.39, 0.29) is 0 Å². The zero-order valence-electron chi connectivity index (χ0n) is 34.9. The Balaban J connectivity index is 1.00. The predicted molar refractivity (Wildman–Crippen MR) is 270 cm³/mol. The van der Waals surface area contributed by atoms with Gasteiger partial charge in [-0.3, -0.25) is 0 Å². The number of hydrogen-bond donors (Lipinski definition) is 0. The van der Waals surface area contributed by atoms with Gasteiger partial charge in [-0.2, -0.15) is 0 Å². The molecule has 10 aromatic carbocycles. The van der Waals surface area contributed by atoms with Crippen molar-refractivity contribution in [2.45, 2.75) is 5.41 Å². The van der Waals surface area contributed by atoms with Crippen LogP contribution < -0.4 is 9.80 Å². The summed E-state index contributed by atoms with van der Waals surface area (Å²) in [5.41, 5.74) is 18.8. The van der Waals surface area contributed by atoms with E-state index in [1.54, 1.807) is 0 Å². The van der Waals surface area contributed by atoms with E-state index in [4.69, 9.17) is 0 Å². The van der Waals surface area contributed by atoms with Crippen molar-refractivity contribution in [3.8, 4) is 33.4 Å². The van der Waals surface area contributed by atoms with Crippen LogP contribution in [0, 0.1) is 0 Å². The van der Waals surface area contributed by atoms with Crippen LogP contribution in [0.5, 0.6) is 0 Å². The first-order valence-corrected chi connectivity index (χ1v) is 22.8. The van der Waals surface area contributed by atoms with E-state index in [9.17, 15) is 0 Å². The summed E-state index contributed by atoms with van der Waals surface area (Å²) in [6.07, 6.45) is 0. The van der Waals surface area contributed by atoms with Crippen LogP contribution >= 0.6 is 11.3 Å². The first kappa shape index (κ1) is 36.7. The van der Waals surface area contributed by atoms with Crippen LogP contribution in [0.1, 0.15) is 22.3 Å². The summed E-state index contributed by atoms with van der Waals surface area (Å²) in [7, 11) is 0. The Morgan fingerprint density at radius 2 is 0.828 bits per heavy atom. The number of nitrogens with zero attached hydrogens (tertiary/aromatic N) is 2. The van der Waals surface area contributed by atoms with Crippen LogP contribution in [-0.2, 0) is 5.41 Å². The lowest BCUT2D eigenvalue weighted by atomic mass is 9.64. The van der Waals surface area contributed by atoms with Gasteiger partial charge in [0.25, 0.3) is 0 Å². The summed E-state index contributed by atoms with van der Waals surface area (Å²) in [6, 6.07) is 89.6. The fourth-order valence-electron chi connectivity index (χ4n) is 10.7. The molecule has 300 valence electrons. The summed E-state index contributed by atoms with van der Waals surface area (Å²) in [5.74, 6) is 0. The van der Waals surface area contributed by atoms with Gasteiger partial charge in [0.15, 0.2) is 0 Å². The van der Waals surface area contributed by atoms with Crippen LogP contribution in [0.4, 0.5) is 34.1 Å². The van der Waals surface area contributed by atoms with E-state index >= 15 is 0 Å². The van der Waals surface area contributed by atoms with Crippen LogP contribution in [-0.4, -0.2) is 0 Å². The fourth-order valence-corrected chi connectivity index (χ4v) is 11.8. The quantitative estimate of drug-likeness (QED) is 0.165. The highest BCUT2D eigenvalue weighted by molar-refractivity contribution is 7.25. The molecule has 1 spiro atoms. The van der Waals surface area contributed by atoms with Crippen molar-refractivity contribution in [1.29, 1.82) is 0 Å². The molecule has 0 N–H and O–H groups in total. The number of benzene rings is 10. The van der Waals surface area contributed by atoms with Crippen LogP contribution in [0.3, 0.4) is 0 Å². The fraction of sp³-hybridized carbons (Fsp3) is 0.0164. The van der Waals surface area contributed by atoms with Gasteiger partial charge in [0.1, 0.15) is 0 Å². The maximum atomic E-state index is 2.48. The van der Waals surface area contributed by atoms with Gasteiger partial charge in [-0.1, -0.05) is 164 Å². The Labute approximate surface area is 377 Å². The van der Waals surface area contributed by atoms with E-state index in [1.165, 1.54) is 87.2 Å². The summed E-state index contributed by atoms with van der Waals surface area (Å²) in [4.78, 5) is 4.88. The third-order valence-electron chi connectivity index (χ3n) is 13.5. The van der Waals surface area contributed by atoms with Crippen LogP contribution in [0.25, 0.3) is 53.6 Å². The number of anilines is 6. The van der Waals surface area contributed by atoms with E-state index < -0.39 is 5.41 Å². The molecule has 0 radical (unpaired) electrons. The molecule has 3 heteroatoms. The van der Waals surface area contributed by atoms with E-state index in [0.717, 1.165) is 22.7 Å². The second-order valence-corrected chi connectivity index (χ2v) is 17.9. The summed E-state index contributed by atoms with van der Waals surface area (Å²) in [6.45, 7) is 0. The van der Waals surface area contributed by atoms with Gasteiger partial charge in [-0.15, -0.1) is 11.3 Å². The molecule has 1 aliphatic carbocycles. The van der Waals surface area contributed by atoms with Crippen molar-refractivity contribution >= 4 is 65.6 Å². The molecule has 64 heavy (non-hydrogen) atoms. The molecule has 11 aromatic rings. The normalized spacial score (nSPS) is 13.1. The minimum atomic E-state index is -0.558. The molecule has 2 nitrogen and oxygen atoms in total. The molecule has 1 aromatic heterocycles. The minimum Gasteiger partial charge on any atom is -0.310 e. The lowest BCUT2D eigenvalue weighted by molar-refractivity contribution is 0.752. The largest absolute Gasteiger partial charge is 0.310 e. The zero-order chi connectivity index (χ0) is 42.2. The van der Waals surface area contributed by atoms with Gasteiger partial charge >= 0.3 is 0 Å². The second-order valence-electron chi connectivity index (χ2n) is 16.8. The molecule has 2 heterocycles. The molecule has 0 saturated carbocycles. The van der Waals surface area contributed by atoms with Crippen molar-refractivity contribution in [1.82, 2.24) is 0 Å². The molecule has 0 saturated heterocycles. The highest BCUT2D eigenvalue weighted by Gasteiger charge is 2.51. The first-order chi connectivity index (χ1) is 31.7. The zero-order valence-corrected chi connectivity index (χ0v) is 35.7. The number of rotatable bonds is 6. The Morgan fingerprint density at radius 3 is 1.53 bits per heavy atom. The topological polar surface area (TPSA) is 6.48 Å². The number of fused-ring (bicyclic) bond motifs is 12. The molecule has 0 amide bonds. The van der Waals surface area contributed by atoms with Gasteiger partial charge < -0.3 is 9.80 Å². The molecule has 1 aliphatic heterocycles. The van der Waals surface area contributed by atoms with Crippen molar-refractivity contribution in [2.24, 2.45) is 0 Å². The maximum Gasteiger partial charge on any atom is 0.0755 e. The maximum absolute atomic E-state index is 2.48. The highest BCUT2D eigenvalue weighted by Crippen LogP contribution is 2.64.